The van der Waals surface area contributed by atoms with Crippen LogP contribution in [0.25, 0.3) is 0 Å². The Bertz CT molecular complexity index is 661. The van der Waals surface area contributed by atoms with Gasteiger partial charge in [-0.2, -0.15) is 0 Å². The minimum Gasteiger partial charge on any atom is -0.495 e. The molecule has 2 atom stereocenters. The molecule has 130 valence electrons. The Morgan fingerprint density at radius 2 is 2.08 bits per heavy atom. The van der Waals surface area contributed by atoms with Crippen molar-refractivity contribution in [2.45, 2.75) is 13.3 Å². The molecule has 0 saturated carbocycles. The average Bonchev–Trinajstić information content (AvgIpc) is 2.54. The van der Waals surface area contributed by atoms with Crippen molar-refractivity contribution in [1.82, 2.24) is 4.90 Å². The van der Waals surface area contributed by atoms with Crippen LogP contribution in [-0.4, -0.2) is 48.1 Å². The lowest BCUT2D eigenvalue weighted by Crippen LogP contribution is -2.47. The molecule has 0 spiro atoms. The Labute approximate surface area is 139 Å². The first kappa shape index (κ1) is 17.6. The number of hydrogen-bond acceptors (Lipinski definition) is 4. The largest absolute Gasteiger partial charge is 0.495 e. The molecule has 0 aromatic heterocycles. The van der Waals surface area contributed by atoms with Crippen LogP contribution in [0.5, 0.6) is 5.75 Å². The monoisotopic (exact) mass is 335 g/mol. The number of hydrogen-bond donors (Lipinski definition) is 3. The number of amides is 3. The van der Waals surface area contributed by atoms with Gasteiger partial charge in [-0.1, -0.05) is 6.92 Å². The number of anilines is 1. The third kappa shape index (κ3) is 3.76. The Morgan fingerprint density at radius 1 is 1.38 bits per heavy atom. The Hall–Kier alpha value is -2.77. The number of nitrogens with zero attached hydrogens (tertiary/aromatic N) is 1. The molecule has 1 aliphatic rings. The van der Waals surface area contributed by atoms with Crippen molar-refractivity contribution >= 4 is 23.6 Å². The van der Waals surface area contributed by atoms with Gasteiger partial charge in [-0.05, 0) is 30.5 Å². The SMILES string of the molecule is COc1cc(C(N)=O)ccc1NC(=O)N1CCC(C)C(C(=O)O)C1. The van der Waals surface area contributed by atoms with Crippen molar-refractivity contribution in [3.8, 4) is 5.75 Å². The van der Waals surface area contributed by atoms with Crippen LogP contribution < -0.4 is 15.8 Å². The summed E-state index contributed by atoms with van der Waals surface area (Å²) in [5.41, 5.74) is 5.87. The van der Waals surface area contributed by atoms with Gasteiger partial charge in [0.2, 0.25) is 5.91 Å². The normalized spacial score (nSPS) is 20.3. The fourth-order valence-corrected chi connectivity index (χ4v) is 2.72. The third-order valence-electron chi connectivity index (χ3n) is 4.29. The molecular weight excluding hydrogens is 314 g/mol. The van der Waals surface area contributed by atoms with Gasteiger partial charge in [0.05, 0.1) is 18.7 Å². The van der Waals surface area contributed by atoms with Crippen LogP contribution in [0.1, 0.15) is 23.7 Å². The highest BCUT2D eigenvalue weighted by molar-refractivity contribution is 5.96. The fourth-order valence-electron chi connectivity index (χ4n) is 2.72. The summed E-state index contributed by atoms with van der Waals surface area (Å²) < 4.78 is 5.17. The van der Waals surface area contributed by atoms with E-state index in [9.17, 15) is 19.5 Å². The van der Waals surface area contributed by atoms with E-state index in [2.05, 4.69) is 5.32 Å². The minimum atomic E-state index is -0.900. The van der Waals surface area contributed by atoms with Crippen LogP contribution in [0.3, 0.4) is 0 Å². The molecule has 8 nitrogen and oxygen atoms in total. The van der Waals surface area contributed by atoms with E-state index < -0.39 is 23.8 Å². The van der Waals surface area contributed by atoms with Gasteiger partial charge in [-0.15, -0.1) is 0 Å². The van der Waals surface area contributed by atoms with Crippen molar-refractivity contribution in [1.29, 1.82) is 0 Å². The first-order valence-electron chi connectivity index (χ1n) is 7.60. The summed E-state index contributed by atoms with van der Waals surface area (Å²) in [6.07, 6.45) is 0.627. The zero-order valence-electron chi connectivity index (χ0n) is 13.6. The van der Waals surface area contributed by atoms with Gasteiger partial charge < -0.3 is 25.8 Å². The van der Waals surface area contributed by atoms with Gasteiger partial charge in [-0.25, -0.2) is 4.79 Å². The predicted molar refractivity (Wildman–Crippen MR) is 87.0 cm³/mol. The molecule has 2 rings (SSSR count). The van der Waals surface area contributed by atoms with Gasteiger partial charge in [-0.3, -0.25) is 9.59 Å². The number of carbonyl (C=O) groups is 3. The highest BCUT2D eigenvalue weighted by atomic mass is 16.5. The molecule has 0 radical (unpaired) electrons. The van der Waals surface area contributed by atoms with Gasteiger partial charge in [0.1, 0.15) is 5.75 Å². The number of aliphatic carboxylic acids is 1. The topological polar surface area (TPSA) is 122 Å². The van der Waals surface area contributed by atoms with Crippen LogP contribution in [0.2, 0.25) is 0 Å². The van der Waals surface area contributed by atoms with Crippen LogP contribution in [0.15, 0.2) is 18.2 Å². The lowest BCUT2D eigenvalue weighted by molar-refractivity contribution is -0.145. The van der Waals surface area contributed by atoms with Crippen LogP contribution in [0.4, 0.5) is 10.5 Å². The number of primary amides is 1. The number of methoxy groups -OCH3 is 1. The zero-order valence-corrected chi connectivity index (χ0v) is 13.6. The number of carboxylic acid groups (broad SMARTS) is 1. The summed E-state index contributed by atoms with van der Waals surface area (Å²) in [6.45, 7) is 2.52. The number of urea groups is 1. The van der Waals surface area contributed by atoms with Crippen molar-refractivity contribution in [2.75, 3.05) is 25.5 Å². The van der Waals surface area contributed by atoms with E-state index in [4.69, 9.17) is 10.5 Å². The molecular formula is C16H21N3O5. The average molecular weight is 335 g/mol. The van der Waals surface area contributed by atoms with E-state index in [1.807, 2.05) is 6.92 Å². The molecule has 1 saturated heterocycles. The molecule has 4 N–H and O–H groups in total. The van der Waals surface area contributed by atoms with Gasteiger partial charge in [0.15, 0.2) is 0 Å². The number of nitrogens with two attached hydrogens (primary N) is 1. The summed E-state index contributed by atoms with van der Waals surface area (Å²) in [4.78, 5) is 36.3. The molecule has 1 heterocycles. The Balaban J connectivity index is 2.12. The lowest BCUT2D eigenvalue weighted by atomic mass is 9.87. The van der Waals surface area contributed by atoms with E-state index in [0.29, 0.717) is 24.4 Å². The number of carboxylic acids is 1. The van der Waals surface area contributed by atoms with E-state index in [0.717, 1.165) is 0 Å². The number of rotatable bonds is 4. The van der Waals surface area contributed by atoms with Gasteiger partial charge >= 0.3 is 12.0 Å². The number of benzene rings is 1. The zero-order chi connectivity index (χ0) is 17.9. The van der Waals surface area contributed by atoms with Crippen molar-refractivity contribution in [3.05, 3.63) is 23.8 Å². The fraction of sp³-hybridized carbons (Fsp3) is 0.438. The second kappa shape index (κ2) is 7.20. The molecule has 1 aromatic carbocycles. The molecule has 1 fully saturated rings. The second-order valence-electron chi connectivity index (χ2n) is 5.87. The summed E-state index contributed by atoms with van der Waals surface area (Å²) in [5, 5.41) is 11.9. The first-order valence-corrected chi connectivity index (χ1v) is 7.60. The van der Waals surface area contributed by atoms with E-state index in [1.54, 1.807) is 0 Å². The predicted octanol–water partition coefficient (Wildman–Crippen LogP) is 1.37. The van der Waals surface area contributed by atoms with Crippen LogP contribution in [0, 0.1) is 11.8 Å². The number of carbonyl (C=O) groups excluding carboxylic acids is 2. The number of piperidine rings is 1. The molecule has 1 aromatic rings. The van der Waals surface area contributed by atoms with Crippen LogP contribution in [-0.2, 0) is 4.79 Å². The molecule has 1 aliphatic heterocycles. The molecule has 3 amide bonds. The van der Waals surface area contributed by atoms with Gasteiger partial charge in [0, 0.05) is 18.7 Å². The molecule has 2 unspecified atom stereocenters. The van der Waals surface area contributed by atoms with Crippen molar-refractivity contribution < 1.29 is 24.2 Å². The number of nitrogens with one attached hydrogen (secondary N) is 1. The van der Waals surface area contributed by atoms with E-state index in [1.165, 1.54) is 30.2 Å². The smallest absolute Gasteiger partial charge is 0.321 e. The maximum absolute atomic E-state index is 12.4. The highest BCUT2D eigenvalue weighted by Gasteiger charge is 2.33. The highest BCUT2D eigenvalue weighted by Crippen LogP contribution is 2.28. The summed E-state index contributed by atoms with van der Waals surface area (Å²) in [6, 6.07) is 4.05. The van der Waals surface area contributed by atoms with Crippen LogP contribution >= 0.6 is 0 Å². The number of likely N-dealkylation sites (tertiary alicyclic amines) is 1. The second-order valence-corrected chi connectivity index (χ2v) is 5.87. The van der Waals surface area contributed by atoms with E-state index in [-0.39, 0.29) is 18.0 Å². The Morgan fingerprint density at radius 3 is 2.67 bits per heavy atom. The summed E-state index contributed by atoms with van der Waals surface area (Å²) in [7, 11) is 1.42. The minimum absolute atomic E-state index is 0.0240. The lowest BCUT2D eigenvalue weighted by Gasteiger charge is -2.34. The standard InChI is InChI=1S/C16H21N3O5/c1-9-5-6-19(8-11(9)15(21)22)16(23)18-12-4-3-10(14(17)20)7-13(12)24-2/h3-4,7,9,11H,5-6,8H2,1-2H3,(H2,17,20)(H,18,23)(H,21,22). The molecule has 0 bridgehead atoms. The summed E-state index contributed by atoms with van der Waals surface area (Å²) >= 11 is 0. The third-order valence-corrected chi connectivity index (χ3v) is 4.29. The Kier molecular flexibility index (Phi) is 5.28. The molecule has 0 aliphatic carbocycles. The maximum atomic E-state index is 12.4. The molecule has 8 heteroatoms. The summed E-state index contributed by atoms with van der Waals surface area (Å²) in [5.74, 6) is -1.75. The van der Waals surface area contributed by atoms with E-state index >= 15 is 0 Å². The first-order chi connectivity index (χ1) is 11.3. The number of ether oxygens (including phenoxy) is 1. The maximum Gasteiger partial charge on any atom is 0.321 e. The van der Waals surface area contributed by atoms with Crippen molar-refractivity contribution in [2.24, 2.45) is 17.6 Å². The quantitative estimate of drug-likeness (QED) is 0.767. The van der Waals surface area contributed by atoms with Crippen molar-refractivity contribution in [3.63, 3.8) is 0 Å². The van der Waals surface area contributed by atoms with Gasteiger partial charge in [0.25, 0.3) is 0 Å². The molecule has 24 heavy (non-hydrogen) atoms.